The second-order valence-corrected chi connectivity index (χ2v) is 9.78. The maximum atomic E-state index is 13.3. The number of para-hydroxylation sites is 1. The third-order valence-corrected chi connectivity index (χ3v) is 6.99. The van der Waals surface area contributed by atoms with Gasteiger partial charge >= 0.3 is 6.18 Å². The van der Waals surface area contributed by atoms with Crippen molar-refractivity contribution >= 4 is 11.6 Å². The summed E-state index contributed by atoms with van der Waals surface area (Å²) in [4.78, 5) is 16.9. The average Bonchev–Trinajstić information content (AvgIpc) is 2.99. The van der Waals surface area contributed by atoms with Crippen molar-refractivity contribution in [2.24, 2.45) is 5.73 Å². The minimum atomic E-state index is -4.65. The van der Waals surface area contributed by atoms with E-state index in [-0.39, 0.29) is 11.1 Å². The van der Waals surface area contributed by atoms with Crippen LogP contribution in [0.5, 0.6) is 5.75 Å². The molecule has 1 aliphatic heterocycles. The van der Waals surface area contributed by atoms with Gasteiger partial charge in [-0.3, -0.25) is 4.79 Å². The molecule has 4 rings (SSSR count). The zero-order valence-corrected chi connectivity index (χ0v) is 23.0. The lowest BCUT2D eigenvalue weighted by molar-refractivity contribution is -0.137. The molecular weight excluding hydrogens is 531 g/mol. The predicted octanol–water partition coefficient (Wildman–Crippen LogP) is 5.04. The minimum Gasteiger partial charge on any atom is -0.493 e. The van der Waals surface area contributed by atoms with Crippen molar-refractivity contribution in [3.05, 3.63) is 82.9 Å². The van der Waals surface area contributed by atoms with Crippen LogP contribution in [-0.2, 0) is 12.7 Å². The van der Waals surface area contributed by atoms with Gasteiger partial charge in [0, 0.05) is 49.5 Å². The Morgan fingerprint density at radius 2 is 1.83 bits per heavy atom. The highest BCUT2D eigenvalue weighted by molar-refractivity contribution is 5.95. The maximum absolute atomic E-state index is 13.3. The Hall–Kier alpha value is -4.07. The Kier molecular flexibility index (Phi) is 9.86. The van der Waals surface area contributed by atoms with Crippen LogP contribution in [0.4, 0.5) is 18.9 Å². The Morgan fingerprint density at radius 1 is 1.07 bits per heavy atom. The van der Waals surface area contributed by atoms with E-state index in [1.165, 1.54) is 6.07 Å². The number of nitrogens with one attached hydrogen (secondary N) is 1. The molecule has 41 heavy (non-hydrogen) atoms. The van der Waals surface area contributed by atoms with E-state index < -0.39 is 17.6 Å². The number of anilines is 1. The van der Waals surface area contributed by atoms with Crippen molar-refractivity contribution < 1.29 is 22.7 Å². The number of rotatable bonds is 10. The van der Waals surface area contributed by atoms with Crippen molar-refractivity contribution in [3.63, 3.8) is 0 Å². The third kappa shape index (κ3) is 7.37. The molecule has 7 nitrogen and oxygen atoms in total. The lowest BCUT2D eigenvalue weighted by atomic mass is 9.99. The van der Waals surface area contributed by atoms with Gasteiger partial charge in [-0.1, -0.05) is 24.3 Å². The summed E-state index contributed by atoms with van der Waals surface area (Å²) in [5, 5.41) is 12.6. The van der Waals surface area contributed by atoms with Crippen LogP contribution in [0, 0.1) is 11.3 Å². The zero-order valence-electron chi connectivity index (χ0n) is 23.0. The molecule has 3 aromatic carbocycles. The molecule has 1 fully saturated rings. The molecule has 0 aromatic heterocycles. The van der Waals surface area contributed by atoms with Crippen molar-refractivity contribution in [1.29, 1.82) is 5.26 Å². The molecule has 3 N–H and O–H groups in total. The predicted molar refractivity (Wildman–Crippen MR) is 153 cm³/mol. The fourth-order valence-electron chi connectivity index (χ4n) is 4.95. The lowest BCUT2D eigenvalue weighted by Gasteiger charge is -2.37. The highest BCUT2D eigenvalue weighted by atomic mass is 19.4. The fraction of sp³-hybridized carbons (Fsp3) is 0.355. The van der Waals surface area contributed by atoms with Crippen LogP contribution in [0.1, 0.15) is 40.4 Å². The van der Waals surface area contributed by atoms with Crippen molar-refractivity contribution in [3.8, 4) is 22.9 Å². The van der Waals surface area contributed by atoms with E-state index in [1.807, 2.05) is 31.2 Å². The molecule has 0 bridgehead atoms. The normalized spacial score (nSPS) is 13.7. The molecule has 1 amide bonds. The van der Waals surface area contributed by atoms with Gasteiger partial charge in [0.1, 0.15) is 5.75 Å². The molecule has 1 heterocycles. The van der Waals surface area contributed by atoms with Gasteiger partial charge in [0.15, 0.2) is 0 Å². The molecule has 216 valence electrons. The number of alkyl halides is 3. The number of benzene rings is 3. The summed E-state index contributed by atoms with van der Waals surface area (Å²) in [5.41, 5.74) is 8.47. The second-order valence-electron chi connectivity index (χ2n) is 9.78. The molecule has 0 radical (unpaired) electrons. The molecule has 1 saturated heterocycles. The van der Waals surface area contributed by atoms with Gasteiger partial charge < -0.3 is 25.6 Å². The Balaban J connectivity index is 1.54. The summed E-state index contributed by atoms with van der Waals surface area (Å²) in [6.07, 6.45) is -3.80. The van der Waals surface area contributed by atoms with Gasteiger partial charge in [-0.2, -0.15) is 18.4 Å². The standard InChI is InChI=1S/C31H34F3N5O2/c1-2-41-29-7-4-3-6-27(29)23-8-9-28(25(18-23)21-37-11-5-10-35)38-12-14-39(15-13-38)30(40)24-16-22(20-36)17-26(19-24)31(32,33)34/h3-4,6-9,16-19,37H,2,5,10-15,21,35H2,1H3. The summed E-state index contributed by atoms with van der Waals surface area (Å²) >= 11 is 0. The maximum Gasteiger partial charge on any atom is 0.416 e. The summed E-state index contributed by atoms with van der Waals surface area (Å²) < 4.78 is 45.9. The number of nitrogens with two attached hydrogens (primary N) is 1. The van der Waals surface area contributed by atoms with Crippen LogP contribution in [-0.4, -0.2) is 56.7 Å². The van der Waals surface area contributed by atoms with Crippen molar-refractivity contribution in [2.45, 2.75) is 26.1 Å². The van der Waals surface area contributed by atoms with Crippen LogP contribution < -0.4 is 20.7 Å². The lowest BCUT2D eigenvalue weighted by Crippen LogP contribution is -2.49. The highest BCUT2D eigenvalue weighted by Crippen LogP contribution is 2.34. The van der Waals surface area contributed by atoms with E-state index in [2.05, 4.69) is 28.4 Å². The number of hydrogen-bond acceptors (Lipinski definition) is 6. The van der Waals surface area contributed by atoms with Gasteiger partial charge in [0.25, 0.3) is 5.91 Å². The number of halogens is 3. The monoisotopic (exact) mass is 565 g/mol. The van der Waals surface area contributed by atoms with Gasteiger partial charge in [0.05, 0.1) is 23.8 Å². The summed E-state index contributed by atoms with van der Waals surface area (Å²) in [7, 11) is 0. The van der Waals surface area contributed by atoms with Crippen LogP contribution in [0.25, 0.3) is 11.1 Å². The van der Waals surface area contributed by atoms with E-state index >= 15 is 0 Å². The molecule has 3 aromatic rings. The first-order chi connectivity index (χ1) is 19.7. The Labute approximate surface area is 238 Å². The topological polar surface area (TPSA) is 94.6 Å². The number of carbonyl (C=O) groups is 1. The number of nitriles is 1. The molecule has 0 unspecified atom stereocenters. The zero-order chi connectivity index (χ0) is 29.4. The van der Waals surface area contributed by atoms with Crippen LogP contribution >= 0.6 is 0 Å². The van der Waals surface area contributed by atoms with Gasteiger partial charge in [-0.05, 0) is 74.0 Å². The SMILES string of the molecule is CCOc1ccccc1-c1ccc(N2CCN(C(=O)c3cc(C#N)cc(C(F)(F)F)c3)CC2)c(CNCCCN)c1. The first-order valence-corrected chi connectivity index (χ1v) is 13.7. The van der Waals surface area contributed by atoms with Gasteiger partial charge in [-0.15, -0.1) is 0 Å². The summed E-state index contributed by atoms with van der Waals surface area (Å²) in [5.74, 6) is 0.296. The number of ether oxygens (including phenoxy) is 1. The van der Waals surface area contributed by atoms with E-state index in [4.69, 9.17) is 10.5 Å². The first-order valence-electron chi connectivity index (χ1n) is 13.7. The third-order valence-electron chi connectivity index (χ3n) is 6.99. The molecule has 0 spiro atoms. The number of amides is 1. The summed E-state index contributed by atoms with van der Waals surface area (Å²) in [6.45, 7) is 6.22. The van der Waals surface area contributed by atoms with Crippen LogP contribution in [0.2, 0.25) is 0 Å². The van der Waals surface area contributed by atoms with Crippen molar-refractivity contribution in [2.75, 3.05) is 50.8 Å². The van der Waals surface area contributed by atoms with E-state index in [9.17, 15) is 23.2 Å². The number of piperazine rings is 1. The van der Waals surface area contributed by atoms with Crippen molar-refractivity contribution in [1.82, 2.24) is 10.2 Å². The van der Waals surface area contributed by atoms with E-state index in [0.29, 0.717) is 45.9 Å². The van der Waals surface area contributed by atoms with Gasteiger partial charge in [0.2, 0.25) is 0 Å². The van der Waals surface area contributed by atoms with E-state index in [1.54, 1.807) is 11.0 Å². The highest BCUT2D eigenvalue weighted by Gasteiger charge is 2.33. The van der Waals surface area contributed by atoms with Crippen LogP contribution in [0.3, 0.4) is 0 Å². The number of nitrogens with zero attached hydrogens (tertiary/aromatic N) is 3. The molecule has 0 atom stereocenters. The smallest absolute Gasteiger partial charge is 0.416 e. The first kappa shape index (κ1) is 29.9. The molecule has 10 heteroatoms. The second kappa shape index (κ2) is 13.5. The van der Waals surface area contributed by atoms with Crippen LogP contribution in [0.15, 0.2) is 60.7 Å². The largest absolute Gasteiger partial charge is 0.493 e. The average molecular weight is 566 g/mol. The number of hydrogen-bond donors (Lipinski definition) is 2. The minimum absolute atomic E-state index is 0.132. The molecule has 0 aliphatic carbocycles. The quantitative estimate of drug-likeness (QED) is 0.335. The number of carbonyl (C=O) groups excluding carboxylic acids is 1. The Morgan fingerprint density at radius 3 is 2.51 bits per heavy atom. The van der Waals surface area contributed by atoms with E-state index in [0.717, 1.165) is 53.2 Å². The molecule has 1 aliphatic rings. The molecular formula is C31H34F3N5O2. The Bertz CT molecular complexity index is 1400. The van der Waals surface area contributed by atoms with Gasteiger partial charge in [-0.25, -0.2) is 0 Å². The summed E-state index contributed by atoms with van der Waals surface area (Å²) in [6, 6.07) is 18.7. The fourth-order valence-corrected chi connectivity index (χ4v) is 4.95. The molecule has 0 saturated carbocycles.